The van der Waals surface area contributed by atoms with Gasteiger partial charge in [-0.1, -0.05) is 19.3 Å². The van der Waals surface area contributed by atoms with Crippen molar-refractivity contribution in [3.05, 3.63) is 28.6 Å². The summed E-state index contributed by atoms with van der Waals surface area (Å²) in [6.07, 6.45) is 7.66. The lowest BCUT2D eigenvalue weighted by Crippen LogP contribution is -2.50. The number of hydrogen-bond acceptors (Lipinski definition) is 5. The molecule has 1 aliphatic carbocycles. The third-order valence-electron chi connectivity index (χ3n) is 4.71. The van der Waals surface area contributed by atoms with Crippen molar-refractivity contribution in [2.24, 2.45) is 0 Å². The van der Waals surface area contributed by atoms with Gasteiger partial charge in [0, 0.05) is 35.1 Å². The van der Waals surface area contributed by atoms with Crippen LogP contribution in [0.3, 0.4) is 0 Å². The van der Waals surface area contributed by atoms with Crippen LogP contribution < -0.4 is 5.32 Å². The van der Waals surface area contributed by atoms with Gasteiger partial charge < -0.3 is 19.7 Å². The molecule has 12 heteroatoms. The Morgan fingerprint density at radius 3 is 2.54 bits per heavy atom. The Bertz CT molecular complexity index is 984. The third-order valence-corrected chi connectivity index (χ3v) is 7.25. The van der Waals surface area contributed by atoms with E-state index in [2.05, 4.69) is 48.4 Å². The number of ether oxygens (including phenoxy) is 2. The molecular weight excluding hydrogens is 653 g/mol. The first-order chi connectivity index (χ1) is 16.5. The van der Waals surface area contributed by atoms with Crippen LogP contribution in [0.15, 0.2) is 22.8 Å². The van der Waals surface area contributed by atoms with Gasteiger partial charge in [-0.15, -0.1) is 0 Å². The molecule has 2 fully saturated rings. The normalized spacial score (nSPS) is 17.2. The fourth-order valence-corrected chi connectivity index (χ4v) is 5.10. The summed E-state index contributed by atoms with van der Waals surface area (Å²) >= 11 is 5.51. The zero-order valence-electron chi connectivity index (χ0n) is 20.6. The van der Waals surface area contributed by atoms with Crippen LogP contribution in [-0.2, 0) is 9.47 Å². The van der Waals surface area contributed by atoms with Gasteiger partial charge in [-0.05, 0) is 84.6 Å². The van der Waals surface area contributed by atoms with Gasteiger partial charge in [0.15, 0.2) is 0 Å². The average molecular weight is 687 g/mol. The Balaban J connectivity index is 0.000000230. The molecule has 8 nitrogen and oxygen atoms in total. The molecule has 1 aliphatic heterocycles. The summed E-state index contributed by atoms with van der Waals surface area (Å²) in [5.74, 6) is -0.240. The molecule has 2 aliphatic rings. The number of carbonyl (C=O) groups excluding carboxylic acids is 2. The molecule has 1 N–H and O–H groups in total. The molecule has 1 aromatic carbocycles. The van der Waals surface area contributed by atoms with E-state index < -0.39 is 11.7 Å². The van der Waals surface area contributed by atoms with Crippen LogP contribution >= 0.6 is 44.3 Å². The van der Waals surface area contributed by atoms with E-state index >= 15 is 0 Å². The fourth-order valence-electron chi connectivity index (χ4n) is 3.05. The third kappa shape index (κ3) is 11.2. The monoisotopic (exact) mass is 686 g/mol. The van der Waals surface area contributed by atoms with Crippen molar-refractivity contribution in [3.8, 4) is 0 Å². The SMILES string of the molecule is C1CC1.CCOC(=O)NC1CCCN(C(=O)OC(C)(C)C)C1.Fc1cc(Br)c2cnn(PI)c2c1. The van der Waals surface area contributed by atoms with Crippen molar-refractivity contribution in [1.82, 2.24) is 19.8 Å². The van der Waals surface area contributed by atoms with Gasteiger partial charge in [-0.25, -0.2) is 18.4 Å². The first-order valence-electron chi connectivity index (χ1n) is 11.6. The van der Waals surface area contributed by atoms with Crippen LogP contribution in [0.1, 0.15) is 59.8 Å². The largest absolute Gasteiger partial charge is 0.450 e. The summed E-state index contributed by atoms with van der Waals surface area (Å²) in [4.78, 5) is 24.9. The van der Waals surface area contributed by atoms with Crippen LogP contribution in [-0.4, -0.2) is 58.0 Å². The summed E-state index contributed by atoms with van der Waals surface area (Å²) in [5.41, 5.74) is 0.332. The van der Waals surface area contributed by atoms with E-state index in [1.54, 1.807) is 22.5 Å². The number of carbonyl (C=O) groups is 2. The quantitative estimate of drug-likeness (QED) is 0.277. The smallest absolute Gasteiger partial charge is 0.410 e. The number of benzene rings is 1. The Kier molecular flexibility index (Phi) is 12.5. The number of aromatic nitrogens is 2. The van der Waals surface area contributed by atoms with Gasteiger partial charge in [0.2, 0.25) is 0 Å². The second-order valence-corrected chi connectivity index (χ2v) is 12.0. The summed E-state index contributed by atoms with van der Waals surface area (Å²) in [7, 11) is 0. The number of amides is 2. The minimum atomic E-state index is -0.501. The van der Waals surface area contributed by atoms with Crippen LogP contribution in [0, 0.1) is 5.82 Å². The van der Waals surface area contributed by atoms with E-state index in [9.17, 15) is 14.0 Å². The molecule has 0 bridgehead atoms. The van der Waals surface area contributed by atoms with Crippen molar-refractivity contribution < 1.29 is 23.5 Å². The molecule has 0 spiro atoms. The second-order valence-electron chi connectivity index (χ2n) is 9.15. The van der Waals surface area contributed by atoms with Gasteiger partial charge in [0.25, 0.3) is 0 Å². The molecule has 2 amide bonds. The molecule has 2 atom stereocenters. The molecule has 2 heterocycles. The molecule has 1 aromatic heterocycles. The fraction of sp³-hybridized carbons (Fsp3) is 0.609. The molecular formula is C23H34BrFIN4O4P. The molecule has 2 unspecified atom stereocenters. The van der Waals surface area contributed by atoms with Crippen molar-refractivity contribution in [2.45, 2.75) is 71.4 Å². The maximum absolute atomic E-state index is 13.0. The van der Waals surface area contributed by atoms with Crippen molar-refractivity contribution >= 4 is 67.4 Å². The predicted octanol–water partition coefficient (Wildman–Crippen LogP) is 7.03. The van der Waals surface area contributed by atoms with Gasteiger partial charge in [-0.2, -0.15) is 5.10 Å². The molecule has 0 radical (unpaired) electrons. The van der Waals surface area contributed by atoms with E-state index in [-0.39, 0.29) is 18.0 Å². The lowest BCUT2D eigenvalue weighted by atomic mass is 10.1. The first kappa shape index (κ1) is 30.0. The van der Waals surface area contributed by atoms with Crippen LogP contribution in [0.25, 0.3) is 10.9 Å². The highest BCUT2D eigenvalue weighted by atomic mass is 127. The number of nitrogens with one attached hydrogen (secondary N) is 1. The zero-order valence-corrected chi connectivity index (χ0v) is 25.3. The molecule has 196 valence electrons. The Hall–Kier alpha value is -1.20. The molecule has 35 heavy (non-hydrogen) atoms. The zero-order chi connectivity index (χ0) is 26.0. The number of rotatable bonds is 3. The number of likely N-dealkylation sites (tertiary alicyclic amines) is 1. The average Bonchev–Trinajstić information content (AvgIpc) is 3.60. The van der Waals surface area contributed by atoms with Crippen LogP contribution in [0.5, 0.6) is 0 Å². The van der Waals surface area contributed by atoms with E-state index in [4.69, 9.17) is 9.47 Å². The first-order valence-corrected chi connectivity index (χ1v) is 16.5. The van der Waals surface area contributed by atoms with Gasteiger partial charge >= 0.3 is 12.2 Å². The summed E-state index contributed by atoms with van der Waals surface area (Å²) < 4.78 is 25.7. The summed E-state index contributed by atoms with van der Waals surface area (Å²) in [6, 6.07) is 2.88. The molecule has 1 saturated carbocycles. The van der Waals surface area contributed by atoms with E-state index in [1.165, 1.54) is 31.4 Å². The minimum absolute atomic E-state index is 0.0691. The number of fused-ring (bicyclic) bond motifs is 1. The molecule has 4 rings (SSSR count). The lowest BCUT2D eigenvalue weighted by molar-refractivity contribution is 0.0185. The van der Waals surface area contributed by atoms with E-state index in [0.29, 0.717) is 26.1 Å². The van der Waals surface area contributed by atoms with E-state index in [0.717, 1.165) is 28.2 Å². The Labute approximate surface area is 229 Å². The predicted molar refractivity (Wildman–Crippen MR) is 150 cm³/mol. The highest BCUT2D eigenvalue weighted by Crippen LogP contribution is 2.32. The number of hydrogen-bond donors (Lipinski definition) is 1. The maximum Gasteiger partial charge on any atom is 0.410 e. The number of alkyl carbamates (subject to hydrolysis) is 1. The van der Waals surface area contributed by atoms with Crippen molar-refractivity contribution in [2.75, 3.05) is 19.7 Å². The van der Waals surface area contributed by atoms with Gasteiger partial charge in [0.05, 0.1) is 24.7 Å². The summed E-state index contributed by atoms with van der Waals surface area (Å²) in [5, 5.41) is 7.85. The molecule has 1 saturated heterocycles. The highest BCUT2D eigenvalue weighted by molar-refractivity contribution is 14.2. The van der Waals surface area contributed by atoms with Crippen molar-refractivity contribution in [3.63, 3.8) is 0 Å². The number of nitrogens with zero attached hydrogens (tertiary/aromatic N) is 3. The maximum atomic E-state index is 13.0. The molecule has 2 aromatic rings. The standard InChI is InChI=1S/C13H24N2O4.C7H4BrFIN2P.C3H6/c1-5-18-11(16)14-10-7-6-8-15(9-10)12(17)19-13(2,3)4;8-6-1-4(9)2-7-5(6)3-11-12(7)13-10;1-2-3-1/h10H,5-9H2,1-4H3,(H,14,16);1-3,13H;1-3H2. The Morgan fingerprint density at radius 2 is 1.97 bits per heavy atom. The lowest BCUT2D eigenvalue weighted by Gasteiger charge is -2.34. The number of halogens is 3. The van der Waals surface area contributed by atoms with Crippen LogP contribution in [0.2, 0.25) is 0 Å². The minimum Gasteiger partial charge on any atom is -0.450 e. The Morgan fingerprint density at radius 1 is 1.29 bits per heavy atom. The van der Waals surface area contributed by atoms with Gasteiger partial charge in [-0.3, -0.25) is 0 Å². The summed E-state index contributed by atoms with van der Waals surface area (Å²) in [6.45, 7) is 8.74. The van der Waals surface area contributed by atoms with Crippen molar-refractivity contribution in [1.29, 1.82) is 0 Å². The van der Waals surface area contributed by atoms with E-state index in [1.807, 2.05) is 20.8 Å². The topological polar surface area (TPSA) is 85.7 Å². The van der Waals surface area contributed by atoms with Crippen LogP contribution in [0.4, 0.5) is 14.0 Å². The number of piperidine rings is 1. The second kappa shape index (κ2) is 14.5. The highest BCUT2D eigenvalue weighted by Gasteiger charge is 2.28. The van der Waals surface area contributed by atoms with Gasteiger partial charge in [0.1, 0.15) is 11.4 Å².